The highest BCUT2D eigenvalue weighted by molar-refractivity contribution is 5.79. The van der Waals surface area contributed by atoms with Gasteiger partial charge >= 0.3 is 0 Å². The second kappa shape index (κ2) is 8.41. The summed E-state index contributed by atoms with van der Waals surface area (Å²) >= 11 is 0. The molecule has 0 saturated carbocycles. The molecule has 1 N–H and O–H groups in total. The van der Waals surface area contributed by atoms with Crippen molar-refractivity contribution < 1.29 is 9.47 Å². The van der Waals surface area contributed by atoms with Crippen molar-refractivity contribution in [1.29, 1.82) is 0 Å². The van der Waals surface area contributed by atoms with E-state index >= 15 is 0 Å². The molecule has 5 rings (SSSR count). The number of hydrogen-bond acceptors (Lipinski definition) is 6. The van der Waals surface area contributed by atoms with Gasteiger partial charge in [-0.3, -0.25) is 4.40 Å². The van der Waals surface area contributed by atoms with E-state index in [1.165, 1.54) is 5.56 Å². The molecule has 0 aliphatic carbocycles. The molecule has 0 radical (unpaired) electrons. The Kier molecular flexibility index (Phi) is 5.16. The van der Waals surface area contributed by atoms with Gasteiger partial charge in [-0.15, -0.1) is 10.2 Å². The average molecular weight is 411 g/mol. The summed E-state index contributed by atoms with van der Waals surface area (Å²) in [4.78, 5) is 4.64. The SMILES string of the molecule is COc1cc(CNCc2ccccc2)ccc1Oc1nc2ccccc2n2cnnc12. The van der Waals surface area contributed by atoms with Crippen LogP contribution < -0.4 is 14.8 Å². The van der Waals surface area contributed by atoms with Crippen LogP contribution in [0, 0.1) is 0 Å². The van der Waals surface area contributed by atoms with Gasteiger partial charge in [0.2, 0.25) is 5.65 Å². The minimum Gasteiger partial charge on any atom is -0.493 e. The Morgan fingerprint density at radius 1 is 0.871 bits per heavy atom. The lowest BCUT2D eigenvalue weighted by atomic mass is 10.2. The highest BCUT2D eigenvalue weighted by atomic mass is 16.5. The minimum absolute atomic E-state index is 0.379. The van der Waals surface area contributed by atoms with Crippen LogP contribution >= 0.6 is 0 Å². The third kappa shape index (κ3) is 3.91. The maximum absolute atomic E-state index is 6.13. The monoisotopic (exact) mass is 411 g/mol. The van der Waals surface area contributed by atoms with Gasteiger partial charge in [0.15, 0.2) is 11.5 Å². The Bertz CT molecular complexity index is 1330. The molecule has 31 heavy (non-hydrogen) atoms. The molecule has 0 saturated heterocycles. The van der Waals surface area contributed by atoms with E-state index in [4.69, 9.17) is 9.47 Å². The van der Waals surface area contributed by atoms with Gasteiger partial charge < -0.3 is 14.8 Å². The Morgan fingerprint density at radius 3 is 2.55 bits per heavy atom. The fourth-order valence-electron chi connectivity index (χ4n) is 3.50. The van der Waals surface area contributed by atoms with E-state index in [0.29, 0.717) is 29.6 Å². The molecule has 0 fully saturated rings. The standard InChI is InChI=1S/C24H21N5O2/c1-30-22-13-18(15-25-14-17-7-3-2-4-8-17)11-12-21(22)31-24-23-28-26-16-29(23)20-10-6-5-9-19(20)27-24/h2-13,16,25H,14-15H2,1H3. The summed E-state index contributed by atoms with van der Waals surface area (Å²) in [5.74, 6) is 1.58. The molecular weight excluding hydrogens is 390 g/mol. The van der Waals surface area contributed by atoms with Crippen LogP contribution in [-0.4, -0.2) is 26.7 Å². The number of para-hydroxylation sites is 2. The molecule has 7 heteroatoms. The molecular formula is C24H21N5O2. The highest BCUT2D eigenvalue weighted by Crippen LogP contribution is 2.34. The topological polar surface area (TPSA) is 73.6 Å². The van der Waals surface area contributed by atoms with Crippen molar-refractivity contribution in [2.75, 3.05) is 7.11 Å². The first-order valence-electron chi connectivity index (χ1n) is 10.00. The first-order valence-corrected chi connectivity index (χ1v) is 10.00. The molecule has 0 atom stereocenters. The molecule has 0 aliphatic heterocycles. The zero-order chi connectivity index (χ0) is 21.0. The number of methoxy groups -OCH3 is 1. The minimum atomic E-state index is 0.379. The number of rotatable bonds is 7. The second-order valence-corrected chi connectivity index (χ2v) is 7.11. The maximum atomic E-state index is 6.13. The van der Waals surface area contributed by atoms with Gasteiger partial charge in [-0.25, -0.2) is 4.98 Å². The zero-order valence-electron chi connectivity index (χ0n) is 17.0. The van der Waals surface area contributed by atoms with Gasteiger partial charge in [0, 0.05) is 13.1 Å². The number of hydrogen-bond donors (Lipinski definition) is 1. The van der Waals surface area contributed by atoms with Gasteiger partial charge in [0.1, 0.15) is 6.33 Å². The summed E-state index contributed by atoms with van der Waals surface area (Å²) in [5.41, 5.74) is 4.61. The maximum Gasteiger partial charge on any atom is 0.266 e. The van der Waals surface area contributed by atoms with Crippen molar-refractivity contribution in [1.82, 2.24) is 24.9 Å². The number of nitrogens with zero attached hydrogens (tertiary/aromatic N) is 4. The Balaban J connectivity index is 1.38. The van der Waals surface area contributed by atoms with E-state index in [2.05, 4.69) is 32.6 Å². The second-order valence-electron chi connectivity index (χ2n) is 7.11. The van der Waals surface area contributed by atoms with E-state index in [-0.39, 0.29) is 0 Å². The molecule has 0 unspecified atom stereocenters. The van der Waals surface area contributed by atoms with Gasteiger partial charge in [-0.2, -0.15) is 0 Å². The normalized spacial score (nSPS) is 11.1. The molecule has 2 aromatic heterocycles. The fraction of sp³-hybridized carbons (Fsp3) is 0.125. The molecule has 154 valence electrons. The number of ether oxygens (including phenoxy) is 2. The van der Waals surface area contributed by atoms with Crippen LogP contribution in [0.4, 0.5) is 0 Å². The summed E-state index contributed by atoms with van der Waals surface area (Å²) in [6, 6.07) is 24.0. The number of fused-ring (bicyclic) bond motifs is 3. The lowest BCUT2D eigenvalue weighted by Gasteiger charge is -2.13. The molecule has 7 nitrogen and oxygen atoms in total. The van der Waals surface area contributed by atoms with Gasteiger partial charge in [-0.05, 0) is 35.4 Å². The third-order valence-corrected chi connectivity index (χ3v) is 5.04. The predicted octanol–water partition coefficient (Wildman–Crippen LogP) is 4.37. The smallest absolute Gasteiger partial charge is 0.266 e. The molecule has 0 aliphatic rings. The Labute approximate surface area is 179 Å². The molecule has 0 bridgehead atoms. The lowest BCUT2D eigenvalue weighted by Crippen LogP contribution is -2.12. The average Bonchev–Trinajstić information content (AvgIpc) is 3.31. The van der Waals surface area contributed by atoms with Crippen molar-refractivity contribution in [2.45, 2.75) is 13.1 Å². The largest absolute Gasteiger partial charge is 0.493 e. The van der Waals surface area contributed by atoms with Gasteiger partial charge in [0.25, 0.3) is 5.88 Å². The van der Waals surface area contributed by atoms with E-state index < -0.39 is 0 Å². The number of nitrogens with one attached hydrogen (secondary N) is 1. The van der Waals surface area contributed by atoms with Crippen molar-refractivity contribution in [3.63, 3.8) is 0 Å². The number of benzene rings is 3. The summed E-state index contributed by atoms with van der Waals surface area (Å²) in [5, 5.41) is 11.7. The summed E-state index contributed by atoms with van der Waals surface area (Å²) < 4.78 is 13.6. The quantitative estimate of drug-likeness (QED) is 0.429. The third-order valence-electron chi connectivity index (χ3n) is 5.04. The first-order chi connectivity index (χ1) is 15.3. The fourth-order valence-corrected chi connectivity index (χ4v) is 3.50. The molecule has 0 amide bonds. The predicted molar refractivity (Wildman–Crippen MR) is 118 cm³/mol. The highest BCUT2D eigenvalue weighted by Gasteiger charge is 2.15. The van der Waals surface area contributed by atoms with Crippen molar-refractivity contribution >= 4 is 16.7 Å². The van der Waals surface area contributed by atoms with Gasteiger partial charge in [-0.1, -0.05) is 48.5 Å². The van der Waals surface area contributed by atoms with Crippen molar-refractivity contribution in [3.05, 3.63) is 90.3 Å². The van der Waals surface area contributed by atoms with Crippen molar-refractivity contribution in [3.8, 4) is 17.4 Å². The van der Waals surface area contributed by atoms with Crippen LogP contribution in [-0.2, 0) is 13.1 Å². The van der Waals surface area contributed by atoms with E-state index in [9.17, 15) is 0 Å². The summed E-state index contributed by atoms with van der Waals surface area (Å²) in [6.45, 7) is 1.52. The van der Waals surface area contributed by atoms with Crippen LogP contribution in [0.25, 0.3) is 16.7 Å². The van der Waals surface area contributed by atoms with Crippen LogP contribution in [0.1, 0.15) is 11.1 Å². The van der Waals surface area contributed by atoms with E-state index in [1.807, 2.05) is 65.1 Å². The van der Waals surface area contributed by atoms with E-state index in [0.717, 1.165) is 23.1 Å². The van der Waals surface area contributed by atoms with Crippen molar-refractivity contribution in [2.24, 2.45) is 0 Å². The lowest BCUT2D eigenvalue weighted by molar-refractivity contribution is 0.374. The molecule has 2 heterocycles. The summed E-state index contributed by atoms with van der Waals surface area (Å²) in [6.07, 6.45) is 1.66. The van der Waals surface area contributed by atoms with Crippen LogP contribution in [0.3, 0.4) is 0 Å². The van der Waals surface area contributed by atoms with E-state index in [1.54, 1.807) is 13.4 Å². The number of aromatic nitrogens is 4. The summed E-state index contributed by atoms with van der Waals surface area (Å²) in [7, 11) is 1.63. The Morgan fingerprint density at radius 2 is 1.68 bits per heavy atom. The first kappa shape index (κ1) is 19.0. The van der Waals surface area contributed by atoms with Crippen LogP contribution in [0.2, 0.25) is 0 Å². The van der Waals surface area contributed by atoms with Gasteiger partial charge in [0.05, 0.1) is 18.1 Å². The Hall–Kier alpha value is -3.97. The van der Waals surface area contributed by atoms with Crippen LogP contribution in [0.15, 0.2) is 79.1 Å². The molecule has 0 spiro atoms. The zero-order valence-corrected chi connectivity index (χ0v) is 17.0. The van der Waals surface area contributed by atoms with Crippen LogP contribution in [0.5, 0.6) is 17.4 Å². The molecule has 5 aromatic rings. The molecule has 3 aromatic carbocycles.